The standard InChI is InChI=1S/C38H40Cl2N10O4/c1-37(2,3)50(35(51)48(36(52)53)32-16-19-43-49(32)24-21-41-42-22-24)38(18-20-46(4)5)17-15-30(26-9-6-7-10-27(26)38)54-25-13-14-31-44-45-34(47(31)23-25)33-28(39)11-8-12-29(33)40/h6-14,16,19,21-23,30H,15,17-18,20H2,1-5H3,(H,41,42)(H,52,53)/t30-,38+/m1/s1. The van der Waals surface area contributed by atoms with Gasteiger partial charge in [-0.3, -0.25) is 9.50 Å². The van der Waals surface area contributed by atoms with Crippen molar-refractivity contribution in [3.63, 3.8) is 0 Å². The van der Waals surface area contributed by atoms with Gasteiger partial charge in [-0.2, -0.15) is 15.1 Å². The molecular weight excluding hydrogens is 731 g/mol. The van der Waals surface area contributed by atoms with Crippen LogP contribution in [-0.2, 0) is 5.54 Å². The zero-order valence-electron chi connectivity index (χ0n) is 30.4. The number of hydrogen-bond acceptors (Lipinski definition) is 8. The van der Waals surface area contributed by atoms with Crippen molar-refractivity contribution < 1.29 is 19.4 Å². The highest BCUT2D eigenvalue weighted by molar-refractivity contribution is 6.39. The number of carboxylic acid groups (broad SMARTS) is 1. The fourth-order valence-corrected chi connectivity index (χ4v) is 8.06. The van der Waals surface area contributed by atoms with Gasteiger partial charge in [-0.15, -0.1) is 10.2 Å². The molecule has 2 atom stereocenters. The Morgan fingerprint density at radius 1 is 1.04 bits per heavy atom. The Bertz CT molecular complexity index is 2300. The molecule has 0 bridgehead atoms. The minimum Gasteiger partial charge on any atom is -0.484 e. The smallest absolute Gasteiger partial charge is 0.421 e. The maximum absolute atomic E-state index is 15.1. The summed E-state index contributed by atoms with van der Waals surface area (Å²) in [4.78, 5) is 32.8. The average molecular weight is 772 g/mol. The quantitative estimate of drug-likeness (QED) is 0.149. The number of amides is 3. The first-order valence-electron chi connectivity index (χ1n) is 17.4. The van der Waals surface area contributed by atoms with Crippen LogP contribution in [0.3, 0.4) is 0 Å². The minimum absolute atomic E-state index is 0.0676. The number of hydrogen-bond donors (Lipinski definition) is 2. The lowest BCUT2D eigenvalue weighted by Gasteiger charge is -2.55. The van der Waals surface area contributed by atoms with E-state index in [9.17, 15) is 9.90 Å². The summed E-state index contributed by atoms with van der Waals surface area (Å²) >= 11 is 13.1. The number of benzene rings is 2. The lowest BCUT2D eigenvalue weighted by atomic mass is 9.70. The zero-order valence-corrected chi connectivity index (χ0v) is 32.0. The van der Waals surface area contributed by atoms with E-state index in [0.717, 1.165) is 16.0 Å². The summed E-state index contributed by atoms with van der Waals surface area (Å²) in [5.41, 5.74) is 1.64. The molecule has 0 spiro atoms. The summed E-state index contributed by atoms with van der Waals surface area (Å²) in [6.07, 6.45) is 6.05. The van der Waals surface area contributed by atoms with E-state index in [1.807, 2.05) is 77.5 Å². The highest BCUT2D eigenvalue weighted by atomic mass is 35.5. The predicted octanol–water partition coefficient (Wildman–Crippen LogP) is 8.08. The highest BCUT2D eigenvalue weighted by Crippen LogP contribution is 2.50. The number of carbonyl (C=O) groups is 2. The summed E-state index contributed by atoms with van der Waals surface area (Å²) < 4.78 is 9.95. The molecule has 4 heterocycles. The number of nitrogens with zero attached hydrogens (tertiary/aromatic N) is 9. The minimum atomic E-state index is -1.44. The van der Waals surface area contributed by atoms with Gasteiger partial charge in [0.15, 0.2) is 17.3 Å². The van der Waals surface area contributed by atoms with E-state index < -0.39 is 29.3 Å². The normalized spacial score (nSPS) is 17.1. The molecule has 0 saturated carbocycles. The van der Waals surface area contributed by atoms with Crippen molar-refractivity contribution >= 4 is 46.8 Å². The Morgan fingerprint density at radius 3 is 2.48 bits per heavy atom. The van der Waals surface area contributed by atoms with Gasteiger partial charge in [0, 0.05) is 24.3 Å². The summed E-state index contributed by atoms with van der Waals surface area (Å²) in [6, 6.07) is 17.7. The molecule has 4 aromatic heterocycles. The molecule has 3 amide bonds. The van der Waals surface area contributed by atoms with Gasteiger partial charge >= 0.3 is 12.1 Å². The molecule has 0 radical (unpaired) electrons. The summed E-state index contributed by atoms with van der Waals surface area (Å²) in [6.45, 7) is 6.41. The number of halogens is 2. The number of imide groups is 1. The van der Waals surface area contributed by atoms with Gasteiger partial charge in [-0.1, -0.05) is 53.5 Å². The summed E-state index contributed by atoms with van der Waals surface area (Å²) in [5, 5.41) is 31.3. The lowest BCUT2D eigenvalue weighted by molar-refractivity contribution is 0.00541. The first-order valence-corrected chi connectivity index (χ1v) is 18.2. The molecule has 2 aromatic carbocycles. The second kappa shape index (κ2) is 14.4. The number of aromatic nitrogens is 7. The first-order chi connectivity index (χ1) is 25.8. The fraction of sp³-hybridized carbons (Fsp3) is 0.316. The van der Waals surface area contributed by atoms with E-state index >= 15 is 4.79 Å². The topological polar surface area (TPSA) is 150 Å². The fourth-order valence-electron chi connectivity index (χ4n) is 7.50. The largest absolute Gasteiger partial charge is 0.484 e. The number of pyridine rings is 1. The van der Waals surface area contributed by atoms with Crippen LogP contribution < -0.4 is 9.64 Å². The van der Waals surface area contributed by atoms with Gasteiger partial charge in [-0.25, -0.2) is 14.3 Å². The van der Waals surface area contributed by atoms with E-state index in [1.165, 1.54) is 23.1 Å². The number of fused-ring (bicyclic) bond motifs is 2. The predicted molar refractivity (Wildman–Crippen MR) is 206 cm³/mol. The first kappa shape index (κ1) is 36.9. The average Bonchev–Trinajstić information content (AvgIpc) is 3.90. The van der Waals surface area contributed by atoms with E-state index in [-0.39, 0.29) is 5.82 Å². The summed E-state index contributed by atoms with van der Waals surface area (Å²) in [5.74, 6) is 1.12. The van der Waals surface area contributed by atoms with E-state index in [0.29, 0.717) is 64.3 Å². The van der Waals surface area contributed by atoms with Crippen molar-refractivity contribution in [1.82, 2.24) is 44.4 Å². The maximum atomic E-state index is 15.1. The molecule has 16 heteroatoms. The molecule has 0 unspecified atom stereocenters. The van der Waals surface area contributed by atoms with Crippen molar-refractivity contribution in [2.45, 2.75) is 57.2 Å². The van der Waals surface area contributed by atoms with Crippen LogP contribution in [0.1, 0.15) is 57.3 Å². The number of carbonyl (C=O) groups excluding carboxylic acids is 1. The van der Waals surface area contributed by atoms with Crippen molar-refractivity contribution in [2.24, 2.45) is 0 Å². The van der Waals surface area contributed by atoms with Gasteiger partial charge < -0.3 is 19.6 Å². The third-order valence-electron chi connectivity index (χ3n) is 9.69. The molecular formula is C38H40Cl2N10O4. The third kappa shape index (κ3) is 6.65. The number of ether oxygens (including phenoxy) is 1. The van der Waals surface area contributed by atoms with E-state index in [2.05, 4.69) is 30.4 Å². The van der Waals surface area contributed by atoms with Crippen LogP contribution in [0.2, 0.25) is 10.0 Å². The lowest BCUT2D eigenvalue weighted by Crippen LogP contribution is -2.64. The Morgan fingerprint density at radius 2 is 1.80 bits per heavy atom. The number of aromatic amines is 1. The number of urea groups is 1. The van der Waals surface area contributed by atoms with Crippen LogP contribution in [0.5, 0.6) is 5.75 Å². The van der Waals surface area contributed by atoms with Crippen molar-refractivity contribution in [3.8, 4) is 22.8 Å². The van der Waals surface area contributed by atoms with Crippen molar-refractivity contribution in [3.05, 3.63) is 107 Å². The van der Waals surface area contributed by atoms with Gasteiger partial charge in [0.2, 0.25) is 0 Å². The third-order valence-corrected chi connectivity index (χ3v) is 10.3. The Labute approximate surface area is 321 Å². The molecule has 0 fully saturated rings. The van der Waals surface area contributed by atoms with E-state index in [4.69, 9.17) is 27.9 Å². The van der Waals surface area contributed by atoms with Gasteiger partial charge in [0.05, 0.1) is 39.7 Å². The van der Waals surface area contributed by atoms with Crippen LogP contribution in [0.15, 0.2) is 85.5 Å². The van der Waals surface area contributed by atoms with Crippen LogP contribution >= 0.6 is 23.2 Å². The van der Waals surface area contributed by atoms with Crippen molar-refractivity contribution in [2.75, 3.05) is 25.5 Å². The van der Waals surface area contributed by atoms with Gasteiger partial charge in [-0.05, 0) is 89.5 Å². The molecule has 7 rings (SSSR count). The van der Waals surface area contributed by atoms with Gasteiger partial charge in [0.25, 0.3) is 0 Å². The molecule has 14 nitrogen and oxygen atoms in total. The van der Waals surface area contributed by atoms with Crippen LogP contribution in [0.4, 0.5) is 15.4 Å². The molecule has 0 aliphatic heterocycles. The Hall–Kier alpha value is -5.44. The van der Waals surface area contributed by atoms with Crippen LogP contribution in [0, 0.1) is 0 Å². The number of anilines is 1. The maximum Gasteiger partial charge on any atom is 0.421 e. The Kier molecular flexibility index (Phi) is 9.85. The molecule has 6 aromatic rings. The van der Waals surface area contributed by atoms with Crippen LogP contribution in [0.25, 0.3) is 22.7 Å². The van der Waals surface area contributed by atoms with Crippen molar-refractivity contribution in [1.29, 1.82) is 0 Å². The summed E-state index contributed by atoms with van der Waals surface area (Å²) in [7, 11) is 3.96. The monoisotopic (exact) mass is 770 g/mol. The highest BCUT2D eigenvalue weighted by Gasteiger charge is 2.52. The molecule has 1 aliphatic rings. The van der Waals surface area contributed by atoms with E-state index in [1.54, 1.807) is 33.7 Å². The molecule has 280 valence electrons. The van der Waals surface area contributed by atoms with Crippen LogP contribution in [-0.4, -0.2) is 87.8 Å². The number of rotatable bonds is 9. The van der Waals surface area contributed by atoms with Gasteiger partial charge in [0.1, 0.15) is 17.5 Å². The molecule has 54 heavy (non-hydrogen) atoms. The number of H-pyrrole nitrogens is 1. The zero-order chi connectivity index (χ0) is 38.4. The number of nitrogens with one attached hydrogen (secondary N) is 1. The molecule has 0 saturated heterocycles. The molecule has 1 aliphatic carbocycles. The second-order valence-corrected chi connectivity index (χ2v) is 15.3. The molecule has 2 N–H and O–H groups in total. The SMILES string of the molecule is CN(C)CC[C@@]1(N(C(=O)N(C(=O)O)c2ccnn2-c2cn[nH]c2)C(C)(C)C)CC[C@@H](Oc2ccc3nnc(-c4c(Cl)cccc4Cl)n3c2)c2ccccc21. The second-order valence-electron chi connectivity index (χ2n) is 14.5. The Balaban J connectivity index is 1.31.